The fourth-order valence-electron chi connectivity index (χ4n) is 1.54. The van der Waals surface area contributed by atoms with Crippen molar-refractivity contribution in [3.8, 4) is 5.75 Å². The molecule has 18 heavy (non-hydrogen) atoms. The number of nitrogens with one attached hydrogen (secondary N) is 1. The van der Waals surface area contributed by atoms with E-state index in [1.165, 1.54) is 37.4 Å². The van der Waals surface area contributed by atoms with Crippen molar-refractivity contribution in [2.75, 3.05) is 18.2 Å². The van der Waals surface area contributed by atoms with Crippen LogP contribution in [0.25, 0.3) is 0 Å². The zero-order chi connectivity index (χ0) is 13.1. The van der Waals surface area contributed by atoms with E-state index in [4.69, 9.17) is 10.5 Å². The molecule has 0 radical (unpaired) electrons. The van der Waals surface area contributed by atoms with Gasteiger partial charge < -0.3 is 15.8 Å². The maximum Gasteiger partial charge on any atom is 0.167 e. The van der Waals surface area contributed by atoms with Crippen molar-refractivity contribution >= 4 is 17.1 Å². The second-order valence-corrected chi connectivity index (χ2v) is 3.71. The van der Waals surface area contributed by atoms with E-state index >= 15 is 0 Å². The Bertz CT molecular complexity index is 573. The first kappa shape index (κ1) is 12.2. The molecular weight excluding hydrogens is 238 g/mol. The van der Waals surface area contributed by atoms with E-state index in [2.05, 4.69) is 5.32 Å². The third-order valence-corrected chi connectivity index (χ3v) is 2.45. The molecule has 0 spiro atoms. The third-order valence-electron chi connectivity index (χ3n) is 2.45. The molecule has 2 aromatic carbocycles. The Morgan fingerprint density at radius 3 is 2.56 bits per heavy atom. The lowest BCUT2D eigenvalue weighted by Crippen LogP contribution is -1.98. The smallest absolute Gasteiger partial charge is 0.167 e. The summed E-state index contributed by atoms with van der Waals surface area (Å²) < 4.78 is 31.3. The number of halogens is 2. The van der Waals surface area contributed by atoms with Gasteiger partial charge in [0.2, 0.25) is 0 Å². The fraction of sp³-hybridized carbons (Fsp3) is 0.0769. The van der Waals surface area contributed by atoms with Gasteiger partial charge in [0.1, 0.15) is 5.82 Å². The number of anilines is 3. The number of hydrogen-bond donors (Lipinski definition) is 2. The van der Waals surface area contributed by atoms with Crippen molar-refractivity contribution in [3.63, 3.8) is 0 Å². The lowest BCUT2D eigenvalue weighted by molar-refractivity contribution is 0.386. The van der Waals surface area contributed by atoms with Crippen molar-refractivity contribution in [1.82, 2.24) is 0 Å². The lowest BCUT2D eigenvalue weighted by atomic mass is 10.2. The monoisotopic (exact) mass is 250 g/mol. The average Bonchev–Trinajstić information content (AvgIpc) is 2.34. The summed E-state index contributed by atoms with van der Waals surface area (Å²) in [6.45, 7) is 0. The van der Waals surface area contributed by atoms with Crippen LogP contribution >= 0.6 is 0 Å². The molecule has 2 rings (SSSR count). The van der Waals surface area contributed by atoms with Crippen molar-refractivity contribution in [3.05, 3.63) is 48.0 Å². The molecule has 0 bridgehead atoms. The number of ether oxygens (including phenoxy) is 1. The Kier molecular flexibility index (Phi) is 3.32. The summed E-state index contributed by atoms with van der Waals surface area (Å²) in [6, 6.07) is 8.30. The minimum Gasteiger partial charge on any atom is -0.494 e. The molecule has 0 heterocycles. The van der Waals surface area contributed by atoms with Crippen LogP contribution in [0.3, 0.4) is 0 Å². The van der Waals surface area contributed by atoms with E-state index in [1.807, 2.05) is 0 Å². The number of benzene rings is 2. The first-order valence-electron chi connectivity index (χ1n) is 5.26. The number of methoxy groups -OCH3 is 1. The summed E-state index contributed by atoms with van der Waals surface area (Å²) in [6.07, 6.45) is 0. The fourth-order valence-corrected chi connectivity index (χ4v) is 1.54. The number of rotatable bonds is 3. The molecule has 5 heteroatoms. The molecule has 0 fully saturated rings. The van der Waals surface area contributed by atoms with E-state index < -0.39 is 11.6 Å². The van der Waals surface area contributed by atoms with Crippen LogP contribution in [-0.2, 0) is 0 Å². The first-order valence-corrected chi connectivity index (χ1v) is 5.26. The molecule has 0 saturated heterocycles. The van der Waals surface area contributed by atoms with Gasteiger partial charge >= 0.3 is 0 Å². The highest BCUT2D eigenvalue weighted by Gasteiger charge is 2.06. The van der Waals surface area contributed by atoms with Gasteiger partial charge in [-0.15, -0.1) is 0 Å². The zero-order valence-corrected chi connectivity index (χ0v) is 9.71. The molecule has 2 aromatic rings. The van der Waals surface area contributed by atoms with Crippen molar-refractivity contribution < 1.29 is 13.5 Å². The van der Waals surface area contributed by atoms with Gasteiger partial charge in [-0.2, -0.15) is 0 Å². The minimum absolute atomic E-state index is 0.146. The standard InChI is InChI=1S/C13H12F2N2O/c1-18-13-5-3-9(7-10(13)15)17-12-6-8(14)2-4-11(12)16/h2-7,17H,16H2,1H3. The second kappa shape index (κ2) is 4.91. The van der Waals surface area contributed by atoms with E-state index in [-0.39, 0.29) is 5.75 Å². The predicted molar refractivity (Wildman–Crippen MR) is 67.0 cm³/mol. The maximum absolute atomic E-state index is 13.5. The maximum atomic E-state index is 13.5. The van der Waals surface area contributed by atoms with Crippen LogP contribution in [-0.4, -0.2) is 7.11 Å². The van der Waals surface area contributed by atoms with Crippen molar-refractivity contribution in [2.24, 2.45) is 0 Å². The summed E-state index contributed by atoms with van der Waals surface area (Å²) in [4.78, 5) is 0. The molecule has 0 saturated carbocycles. The molecule has 3 nitrogen and oxygen atoms in total. The van der Waals surface area contributed by atoms with Crippen LogP contribution in [0.1, 0.15) is 0 Å². The largest absolute Gasteiger partial charge is 0.494 e. The molecule has 94 valence electrons. The summed E-state index contributed by atoms with van der Waals surface area (Å²) in [5.41, 5.74) is 6.92. The molecule has 0 aliphatic carbocycles. The minimum atomic E-state index is -0.502. The SMILES string of the molecule is COc1ccc(Nc2cc(F)ccc2N)cc1F. The summed E-state index contributed by atoms with van der Waals surface area (Å²) >= 11 is 0. The van der Waals surface area contributed by atoms with E-state index in [0.29, 0.717) is 17.1 Å². The van der Waals surface area contributed by atoms with Crippen LogP contribution in [0.15, 0.2) is 36.4 Å². The Balaban J connectivity index is 2.28. The summed E-state index contributed by atoms with van der Waals surface area (Å²) in [7, 11) is 1.38. The molecule has 0 unspecified atom stereocenters. The molecule has 0 aliphatic heterocycles. The Morgan fingerprint density at radius 2 is 1.89 bits per heavy atom. The second-order valence-electron chi connectivity index (χ2n) is 3.71. The van der Waals surface area contributed by atoms with E-state index in [0.717, 1.165) is 0 Å². The van der Waals surface area contributed by atoms with Crippen molar-refractivity contribution in [2.45, 2.75) is 0 Å². The van der Waals surface area contributed by atoms with Gasteiger partial charge in [0.25, 0.3) is 0 Å². The Morgan fingerprint density at radius 1 is 1.11 bits per heavy atom. The molecule has 0 atom stereocenters. The number of hydrogen-bond acceptors (Lipinski definition) is 3. The van der Waals surface area contributed by atoms with Crippen LogP contribution in [0.4, 0.5) is 25.8 Å². The van der Waals surface area contributed by atoms with Gasteiger partial charge in [-0.3, -0.25) is 0 Å². The molecule has 3 N–H and O–H groups in total. The van der Waals surface area contributed by atoms with Gasteiger partial charge in [-0.05, 0) is 30.3 Å². The molecule has 0 amide bonds. The predicted octanol–water partition coefficient (Wildman–Crippen LogP) is 3.30. The lowest BCUT2D eigenvalue weighted by Gasteiger charge is -2.10. The van der Waals surface area contributed by atoms with Crippen molar-refractivity contribution in [1.29, 1.82) is 0 Å². The van der Waals surface area contributed by atoms with Crippen LogP contribution < -0.4 is 15.8 Å². The Hall–Kier alpha value is -2.30. The third kappa shape index (κ3) is 2.51. The average molecular weight is 250 g/mol. The summed E-state index contributed by atoms with van der Waals surface area (Å²) in [5, 5.41) is 2.84. The highest BCUT2D eigenvalue weighted by atomic mass is 19.1. The van der Waals surface area contributed by atoms with Gasteiger partial charge in [0.15, 0.2) is 11.6 Å². The van der Waals surface area contributed by atoms with Crippen LogP contribution in [0.2, 0.25) is 0 Å². The van der Waals surface area contributed by atoms with Gasteiger partial charge in [0.05, 0.1) is 18.5 Å². The first-order chi connectivity index (χ1) is 8.60. The number of nitrogens with two attached hydrogens (primary N) is 1. The topological polar surface area (TPSA) is 47.3 Å². The molecule has 0 aromatic heterocycles. The molecule has 0 aliphatic rings. The van der Waals surface area contributed by atoms with Gasteiger partial charge in [-0.1, -0.05) is 0 Å². The highest BCUT2D eigenvalue weighted by molar-refractivity contribution is 5.72. The summed E-state index contributed by atoms with van der Waals surface area (Å²) in [5.74, 6) is -0.772. The Labute approximate surface area is 103 Å². The highest BCUT2D eigenvalue weighted by Crippen LogP contribution is 2.26. The van der Waals surface area contributed by atoms with Crippen LogP contribution in [0, 0.1) is 11.6 Å². The van der Waals surface area contributed by atoms with Gasteiger partial charge in [0, 0.05) is 11.8 Å². The van der Waals surface area contributed by atoms with Crippen LogP contribution in [0.5, 0.6) is 5.75 Å². The number of nitrogen functional groups attached to an aromatic ring is 1. The quantitative estimate of drug-likeness (QED) is 0.822. The van der Waals surface area contributed by atoms with Gasteiger partial charge in [-0.25, -0.2) is 8.78 Å². The van der Waals surface area contributed by atoms with E-state index in [1.54, 1.807) is 6.07 Å². The normalized spacial score (nSPS) is 10.2. The van der Waals surface area contributed by atoms with E-state index in [9.17, 15) is 8.78 Å². The molecular formula is C13H12F2N2O. The zero-order valence-electron chi connectivity index (χ0n) is 9.71.